The van der Waals surface area contributed by atoms with Gasteiger partial charge in [-0.2, -0.15) is 0 Å². The van der Waals surface area contributed by atoms with Gasteiger partial charge in [-0.25, -0.2) is 0 Å². The second-order valence-electron chi connectivity index (χ2n) is 7.87. The van der Waals surface area contributed by atoms with Crippen LogP contribution in [0.15, 0.2) is 0 Å². The SMILES string of the molecule is CCNC1C(N2CCC(CN(C)C)CC2)CCC1(C)C. The summed E-state index contributed by atoms with van der Waals surface area (Å²) in [5, 5.41) is 3.78. The van der Waals surface area contributed by atoms with Crippen molar-refractivity contribution in [3.63, 3.8) is 0 Å². The number of hydrogen-bond donors (Lipinski definition) is 1. The lowest BCUT2D eigenvalue weighted by Gasteiger charge is -2.41. The Morgan fingerprint density at radius 1 is 1.15 bits per heavy atom. The second kappa shape index (κ2) is 6.76. The Kier molecular flexibility index (Phi) is 5.49. The molecule has 1 N–H and O–H groups in total. The lowest BCUT2D eigenvalue weighted by atomic mass is 9.85. The van der Waals surface area contributed by atoms with Gasteiger partial charge in [0.15, 0.2) is 0 Å². The van der Waals surface area contributed by atoms with Crippen LogP contribution in [0.25, 0.3) is 0 Å². The van der Waals surface area contributed by atoms with Gasteiger partial charge in [-0.3, -0.25) is 4.90 Å². The van der Waals surface area contributed by atoms with E-state index in [0.717, 1.165) is 18.5 Å². The molecule has 0 radical (unpaired) electrons. The molecule has 0 aromatic heterocycles. The minimum absolute atomic E-state index is 0.459. The van der Waals surface area contributed by atoms with Crippen LogP contribution in [0.5, 0.6) is 0 Å². The van der Waals surface area contributed by atoms with Crippen LogP contribution in [0, 0.1) is 11.3 Å². The normalized spacial score (nSPS) is 32.1. The lowest BCUT2D eigenvalue weighted by molar-refractivity contribution is 0.0944. The van der Waals surface area contributed by atoms with Crippen LogP contribution in [0.4, 0.5) is 0 Å². The molecule has 1 aliphatic heterocycles. The molecule has 1 aliphatic carbocycles. The molecule has 1 saturated heterocycles. The average molecular weight is 281 g/mol. The minimum Gasteiger partial charge on any atom is -0.312 e. The predicted octanol–water partition coefficient (Wildman–Crippen LogP) is 2.43. The number of hydrogen-bond acceptors (Lipinski definition) is 3. The molecule has 0 spiro atoms. The Morgan fingerprint density at radius 3 is 2.35 bits per heavy atom. The first-order chi connectivity index (χ1) is 9.44. The van der Waals surface area contributed by atoms with Crippen molar-refractivity contribution in [1.82, 2.24) is 15.1 Å². The summed E-state index contributed by atoms with van der Waals surface area (Å²) in [7, 11) is 4.40. The smallest absolute Gasteiger partial charge is 0.0274 e. The Labute approximate surface area is 126 Å². The molecule has 20 heavy (non-hydrogen) atoms. The van der Waals surface area contributed by atoms with Gasteiger partial charge < -0.3 is 10.2 Å². The van der Waals surface area contributed by atoms with Gasteiger partial charge in [0.05, 0.1) is 0 Å². The molecule has 2 atom stereocenters. The number of nitrogens with one attached hydrogen (secondary N) is 1. The molecule has 0 bridgehead atoms. The van der Waals surface area contributed by atoms with Crippen LogP contribution in [0.3, 0.4) is 0 Å². The largest absolute Gasteiger partial charge is 0.312 e. The summed E-state index contributed by atoms with van der Waals surface area (Å²) in [4.78, 5) is 5.13. The van der Waals surface area contributed by atoms with Gasteiger partial charge in [0.25, 0.3) is 0 Å². The Bertz CT molecular complexity index is 293. The fraction of sp³-hybridized carbons (Fsp3) is 1.00. The number of likely N-dealkylation sites (tertiary alicyclic amines) is 1. The van der Waals surface area contributed by atoms with Gasteiger partial charge in [-0.05, 0) is 70.7 Å². The zero-order chi connectivity index (χ0) is 14.8. The van der Waals surface area contributed by atoms with Crippen molar-refractivity contribution in [2.75, 3.05) is 40.3 Å². The highest BCUT2D eigenvalue weighted by Gasteiger charge is 2.44. The van der Waals surface area contributed by atoms with Crippen LogP contribution in [-0.2, 0) is 0 Å². The fourth-order valence-corrected chi connectivity index (χ4v) is 4.37. The lowest BCUT2D eigenvalue weighted by Crippen LogP contribution is -2.53. The van der Waals surface area contributed by atoms with E-state index in [9.17, 15) is 0 Å². The summed E-state index contributed by atoms with van der Waals surface area (Å²) >= 11 is 0. The van der Waals surface area contributed by atoms with Gasteiger partial charge in [-0.15, -0.1) is 0 Å². The molecular formula is C17H35N3. The van der Waals surface area contributed by atoms with E-state index in [1.54, 1.807) is 0 Å². The highest BCUT2D eigenvalue weighted by atomic mass is 15.2. The highest BCUT2D eigenvalue weighted by Crippen LogP contribution is 2.40. The minimum atomic E-state index is 0.459. The molecule has 1 saturated carbocycles. The number of piperidine rings is 1. The quantitative estimate of drug-likeness (QED) is 0.835. The average Bonchev–Trinajstić information content (AvgIpc) is 2.67. The van der Waals surface area contributed by atoms with Crippen molar-refractivity contribution < 1.29 is 0 Å². The van der Waals surface area contributed by atoms with E-state index in [1.807, 2.05) is 0 Å². The number of nitrogens with zero attached hydrogens (tertiary/aromatic N) is 2. The van der Waals surface area contributed by atoms with Crippen LogP contribution >= 0.6 is 0 Å². The first-order valence-corrected chi connectivity index (χ1v) is 8.56. The summed E-state index contributed by atoms with van der Waals surface area (Å²) in [5.41, 5.74) is 0.459. The van der Waals surface area contributed by atoms with Crippen molar-refractivity contribution in [3.8, 4) is 0 Å². The molecule has 2 aliphatic rings. The molecule has 2 unspecified atom stereocenters. The van der Waals surface area contributed by atoms with Gasteiger partial charge in [0, 0.05) is 18.6 Å². The fourth-order valence-electron chi connectivity index (χ4n) is 4.37. The maximum absolute atomic E-state index is 3.78. The predicted molar refractivity (Wildman–Crippen MR) is 87.1 cm³/mol. The maximum atomic E-state index is 3.78. The summed E-state index contributed by atoms with van der Waals surface area (Å²) in [6.45, 7) is 12.1. The maximum Gasteiger partial charge on any atom is 0.0274 e. The molecule has 2 fully saturated rings. The summed E-state index contributed by atoms with van der Waals surface area (Å²) in [6, 6.07) is 1.45. The van der Waals surface area contributed by atoms with Crippen molar-refractivity contribution in [2.24, 2.45) is 11.3 Å². The molecule has 3 nitrogen and oxygen atoms in total. The first-order valence-electron chi connectivity index (χ1n) is 8.56. The van der Waals surface area contributed by atoms with Crippen LogP contribution in [0.1, 0.15) is 46.5 Å². The number of likely N-dealkylation sites (N-methyl/N-ethyl adjacent to an activating group) is 1. The van der Waals surface area contributed by atoms with E-state index in [0.29, 0.717) is 11.5 Å². The van der Waals surface area contributed by atoms with Gasteiger partial charge in [0.2, 0.25) is 0 Å². The molecular weight excluding hydrogens is 246 g/mol. The van der Waals surface area contributed by atoms with Gasteiger partial charge in [0.1, 0.15) is 0 Å². The molecule has 0 aromatic carbocycles. The van der Waals surface area contributed by atoms with Crippen molar-refractivity contribution in [2.45, 2.75) is 58.5 Å². The van der Waals surface area contributed by atoms with Crippen molar-refractivity contribution >= 4 is 0 Å². The second-order valence-corrected chi connectivity index (χ2v) is 7.87. The van der Waals surface area contributed by atoms with E-state index in [-0.39, 0.29) is 0 Å². The van der Waals surface area contributed by atoms with Gasteiger partial charge >= 0.3 is 0 Å². The third-order valence-electron chi connectivity index (χ3n) is 5.48. The highest BCUT2D eigenvalue weighted by molar-refractivity contribution is 5.01. The van der Waals surface area contributed by atoms with E-state index < -0.39 is 0 Å². The molecule has 0 aromatic rings. The standard InChI is InChI=1S/C17H35N3/c1-6-18-16-15(7-10-17(16,2)3)20-11-8-14(9-12-20)13-19(4)5/h14-16,18H,6-13H2,1-5H3. The molecule has 1 heterocycles. The van der Waals surface area contributed by atoms with Crippen molar-refractivity contribution in [3.05, 3.63) is 0 Å². The van der Waals surface area contributed by atoms with E-state index in [1.165, 1.54) is 45.3 Å². The Morgan fingerprint density at radius 2 is 1.80 bits per heavy atom. The van der Waals surface area contributed by atoms with E-state index in [4.69, 9.17) is 0 Å². The van der Waals surface area contributed by atoms with Crippen molar-refractivity contribution in [1.29, 1.82) is 0 Å². The zero-order valence-corrected chi connectivity index (χ0v) is 14.3. The van der Waals surface area contributed by atoms with Crippen LogP contribution in [-0.4, -0.2) is 62.2 Å². The van der Waals surface area contributed by atoms with Gasteiger partial charge in [-0.1, -0.05) is 20.8 Å². The Hall–Kier alpha value is -0.120. The third-order valence-corrected chi connectivity index (χ3v) is 5.48. The Balaban J connectivity index is 1.89. The molecule has 0 amide bonds. The van der Waals surface area contributed by atoms with E-state index in [2.05, 4.69) is 50.0 Å². The number of rotatable bonds is 5. The molecule has 118 valence electrons. The van der Waals surface area contributed by atoms with Crippen LogP contribution in [0.2, 0.25) is 0 Å². The zero-order valence-electron chi connectivity index (χ0n) is 14.3. The topological polar surface area (TPSA) is 18.5 Å². The van der Waals surface area contributed by atoms with Crippen LogP contribution < -0.4 is 5.32 Å². The summed E-state index contributed by atoms with van der Waals surface area (Å²) < 4.78 is 0. The first kappa shape index (κ1) is 16.3. The molecule has 2 rings (SSSR count). The van der Waals surface area contributed by atoms with E-state index >= 15 is 0 Å². The molecule has 3 heteroatoms. The third kappa shape index (κ3) is 3.75. The monoisotopic (exact) mass is 281 g/mol. The summed E-state index contributed by atoms with van der Waals surface area (Å²) in [5.74, 6) is 0.910. The summed E-state index contributed by atoms with van der Waals surface area (Å²) in [6.07, 6.45) is 5.51.